The third-order valence-corrected chi connectivity index (χ3v) is 3.63. The van der Waals surface area contributed by atoms with Crippen LogP contribution in [0.3, 0.4) is 0 Å². The summed E-state index contributed by atoms with van der Waals surface area (Å²) in [5, 5.41) is 9.45. The number of aliphatic hydroxyl groups is 1. The molecule has 0 aromatic carbocycles. The zero-order valence-electron chi connectivity index (χ0n) is 5.87. The molecular formula is C7H9IO3. The Labute approximate surface area is 78.2 Å². The largest absolute Gasteiger partial charge is 0.461 e. The minimum atomic E-state index is -0.326. The van der Waals surface area contributed by atoms with E-state index in [-0.39, 0.29) is 24.1 Å². The Bertz CT molecular complexity index is 176. The maximum atomic E-state index is 10.8. The Balaban J connectivity index is 2.16. The number of ether oxygens (including phenoxy) is 1. The van der Waals surface area contributed by atoms with Gasteiger partial charge in [0.05, 0.1) is 16.4 Å². The summed E-state index contributed by atoms with van der Waals surface area (Å²) in [6.45, 7) is 0. The molecule has 1 aliphatic carbocycles. The molecule has 1 saturated heterocycles. The number of halogens is 1. The van der Waals surface area contributed by atoms with Crippen LogP contribution in [0.2, 0.25) is 0 Å². The average molecular weight is 268 g/mol. The van der Waals surface area contributed by atoms with E-state index in [9.17, 15) is 9.90 Å². The molecule has 2 aliphatic rings. The number of hydrogen-bond donors (Lipinski definition) is 1. The summed E-state index contributed by atoms with van der Waals surface area (Å²) in [6, 6.07) is 0. The number of aliphatic hydroxyl groups excluding tert-OH is 1. The maximum absolute atomic E-state index is 10.8. The summed E-state index contributed by atoms with van der Waals surface area (Å²) in [7, 11) is 0. The van der Waals surface area contributed by atoms with Gasteiger partial charge in [-0.25, -0.2) is 0 Å². The second-order valence-electron chi connectivity index (χ2n) is 3.14. The number of esters is 1. The predicted molar refractivity (Wildman–Crippen MR) is 46.4 cm³/mol. The van der Waals surface area contributed by atoms with E-state index >= 15 is 0 Å². The predicted octanol–water partition coefficient (Wildman–Crippen LogP) is 0.486. The lowest BCUT2D eigenvalue weighted by molar-refractivity contribution is -0.141. The van der Waals surface area contributed by atoms with E-state index in [2.05, 4.69) is 22.6 Å². The van der Waals surface area contributed by atoms with E-state index in [4.69, 9.17) is 4.74 Å². The SMILES string of the molecule is O=C1CC2C(O)CC(I)C2O1. The first-order chi connectivity index (χ1) is 5.18. The third kappa shape index (κ3) is 1.16. The lowest BCUT2D eigenvalue weighted by atomic mass is 10.0. The molecule has 0 amide bonds. The van der Waals surface area contributed by atoms with Gasteiger partial charge in [0.1, 0.15) is 6.10 Å². The van der Waals surface area contributed by atoms with Gasteiger partial charge in [-0.1, -0.05) is 22.6 Å². The van der Waals surface area contributed by atoms with E-state index in [0.29, 0.717) is 10.3 Å². The highest BCUT2D eigenvalue weighted by molar-refractivity contribution is 14.1. The molecule has 2 rings (SSSR count). The highest BCUT2D eigenvalue weighted by Gasteiger charge is 2.49. The van der Waals surface area contributed by atoms with Crippen molar-refractivity contribution in [1.82, 2.24) is 0 Å². The van der Waals surface area contributed by atoms with Crippen LogP contribution in [0.15, 0.2) is 0 Å². The highest BCUT2D eigenvalue weighted by Crippen LogP contribution is 2.40. The summed E-state index contributed by atoms with van der Waals surface area (Å²) in [6.07, 6.45) is 0.834. The van der Waals surface area contributed by atoms with Gasteiger partial charge in [-0.3, -0.25) is 4.79 Å². The zero-order chi connectivity index (χ0) is 8.01. The van der Waals surface area contributed by atoms with Crippen molar-refractivity contribution in [3.63, 3.8) is 0 Å². The number of carbonyl (C=O) groups excluding carboxylic acids is 1. The van der Waals surface area contributed by atoms with Crippen LogP contribution in [0.25, 0.3) is 0 Å². The first kappa shape index (κ1) is 7.79. The van der Waals surface area contributed by atoms with Crippen LogP contribution in [0, 0.1) is 5.92 Å². The molecule has 1 saturated carbocycles. The Morgan fingerprint density at radius 1 is 1.64 bits per heavy atom. The fraction of sp³-hybridized carbons (Fsp3) is 0.857. The van der Waals surface area contributed by atoms with Crippen LogP contribution >= 0.6 is 22.6 Å². The molecule has 4 atom stereocenters. The smallest absolute Gasteiger partial charge is 0.306 e. The van der Waals surface area contributed by atoms with Gasteiger partial charge >= 0.3 is 5.97 Å². The molecule has 0 spiro atoms. The molecule has 4 heteroatoms. The summed E-state index contributed by atoms with van der Waals surface area (Å²) in [5.41, 5.74) is 0. The monoisotopic (exact) mass is 268 g/mol. The molecule has 1 aliphatic heterocycles. The quantitative estimate of drug-likeness (QED) is 0.395. The number of carbonyl (C=O) groups is 1. The van der Waals surface area contributed by atoms with Crippen LogP contribution in [0.4, 0.5) is 0 Å². The lowest BCUT2D eigenvalue weighted by Gasteiger charge is -2.10. The number of alkyl halides is 1. The minimum Gasteiger partial charge on any atom is -0.461 e. The van der Waals surface area contributed by atoms with Crippen LogP contribution in [-0.2, 0) is 9.53 Å². The van der Waals surface area contributed by atoms with Crippen LogP contribution in [0.1, 0.15) is 12.8 Å². The summed E-state index contributed by atoms with van der Waals surface area (Å²) in [5.74, 6) is -0.0789. The molecule has 0 bridgehead atoms. The summed E-state index contributed by atoms with van der Waals surface area (Å²) in [4.78, 5) is 10.8. The molecule has 0 aromatic rings. The van der Waals surface area contributed by atoms with Crippen molar-refractivity contribution in [3.05, 3.63) is 0 Å². The van der Waals surface area contributed by atoms with Gasteiger partial charge in [-0.05, 0) is 6.42 Å². The van der Waals surface area contributed by atoms with Crippen molar-refractivity contribution in [2.45, 2.75) is 29.0 Å². The molecule has 0 radical (unpaired) electrons. The third-order valence-electron chi connectivity index (χ3n) is 2.41. The fourth-order valence-corrected chi connectivity index (χ4v) is 3.03. The second kappa shape index (κ2) is 2.58. The average Bonchev–Trinajstić information content (AvgIpc) is 2.38. The molecule has 1 heterocycles. The van der Waals surface area contributed by atoms with Gasteiger partial charge in [0, 0.05) is 5.92 Å². The number of hydrogen-bond acceptors (Lipinski definition) is 3. The molecule has 62 valence electrons. The Kier molecular flexibility index (Phi) is 1.83. The maximum Gasteiger partial charge on any atom is 0.306 e. The Morgan fingerprint density at radius 3 is 3.00 bits per heavy atom. The van der Waals surface area contributed by atoms with E-state index in [1.54, 1.807) is 0 Å². The van der Waals surface area contributed by atoms with Crippen molar-refractivity contribution < 1.29 is 14.6 Å². The topological polar surface area (TPSA) is 46.5 Å². The number of rotatable bonds is 0. The van der Waals surface area contributed by atoms with Gasteiger partial charge in [-0.15, -0.1) is 0 Å². The molecule has 3 nitrogen and oxygen atoms in total. The second-order valence-corrected chi connectivity index (χ2v) is 4.74. The van der Waals surface area contributed by atoms with Crippen molar-refractivity contribution >= 4 is 28.6 Å². The van der Waals surface area contributed by atoms with Gasteiger partial charge in [-0.2, -0.15) is 0 Å². The van der Waals surface area contributed by atoms with E-state index < -0.39 is 0 Å². The lowest BCUT2D eigenvalue weighted by Crippen LogP contribution is -2.20. The van der Waals surface area contributed by atoms with Gasteiger partial charge < -0.3 is 9.84 Å². The van der Waals surface area contributed by atoms with E-state index in [0.717, 1.165) is 6.42 Å². The van der Waals surface area contributed by atoms with E-state index in [1.165, 1.54) is 0 Å². The Morgan fingerprint density at radius 2 is 2.36 bits per heavy atom. The summed E-state index contributed by atoms with van der Waals surface area (Å²) < 4.78 is 5.37. The van der Waals surface area contributed by atoms with Gasteiger partial charge in [0.2, 0.25) is 0 Å². The Hall–Kier alpha value is 0.160. The summed E-state index contributed by atoms with van der Waals surface area (Å²) >= 11 is 2.24. The normalized spacial score (nSPS) is 49.1. The molecule has 2 fully saturated rings. The van der Waals surface area contributed by atoms with Crippen LogP contribution in [-0.4, -0.2) is 27.2 Å². The standard InChI is InChI=1S/C7H9IO3/c8-4-2-5(9)3-1-6(10)11-7(3)4/h3-5,7,9H,1-2H2. The van der Waals surface area contributed by atoms with Crippen LogP contribution < -0.4 is 0 Å². The van der Waals surface area contributed by atoms with Gasteiger partial charge in [0.25, 0.3) is 0 Å². The first-order valence-corrected chi connectivity index (χ1v) is 4.94. The molecule has 11 heavy (non-hydrogen) atoms. The molecule has 4 unspecified atom stereocenters. The zero-order valence-corrected chi connectivity index (χ0v) is 8.02. The van der Waals surface area contributed by atoms with E-state index in [1.807, 2.05) is 0 Å². The van der Waals surface area contributed by atoms with Crippen molar-refractivity contribution in [2.24, 2.45) is 5.92 Å². The minimum absolute atomic E-state index is 0.0156. The van der Waals surface area contributed by atoms with Crippen molar-refractivity contribution in [1.29, 1.82) is 0 Å². The fourth-order valence-electron chi connectivity index (χ4n) is 1.83. The molecule has 1 N–H and O–H groups in total. The number of fused-ring (bicyclic) bond motifs is 1. The molecular weight excluding hydrogens is 259 g/mol. The highest BCUT2D eigenvalue weighted by atomic mass is 127. The molecule has 0 aromatic heterocycles. The van der Waals surface area contributed by atoms with Gasteiger partial charge in [0.15, 0.2) is 0 Å². The van der Waals surface area contributed by atoms with Crippen molar-refractivity contribution in [2.75, 3.05) is 0 Å². The van der Waals surface area contributed by atoms with Crippen LogP contribution in [0.5, 0.6) is 0 Å². The van der Waals surface area contributed by atoms with Crippen molar-refractivity contribution in [3.8, 4) is 0 Å². The first-order valence-electron chi connectivity index (χ1n) is 3.70.